The monoisotopic (exact) mass is 320 g/mol. The molecule has 0 fully saturated rings. The van der Waals surface area contributed by atoms with Crippen molar-refractivity contribution < 1.29 is 13.2 Å². The van der Waals surface area contributed by atoms with E-state index < -0.39 is 10.0 Å². The van der Waals surface area contributed by atoms with E-state index in [1.807, 2.05) is 30.3 Å². The van der Waals surface area contributed by atoms with Gasteiger partial charge in [-0.2, -0.15) is 0 Å². The first kappa shape index (κ1) is 16.3. The summed E-state index contributed by atoms with van der Waals surface area (Å²) < 4.78 is 30.8. The Balaban J connectivity index is 2.18. The molecule has 5 nitrogen and oxygen atoms in total. The predicted molar refractivity (Wildman–Crippen MR) is 87.6 cm³/mol. The van der Waals surface area contributed by atoms with Gasteiger partial charge in [0.15, 0.2) is 0 Å². The Morgan fingerprint density at radius 3 is 2.50 bits per heavy atom. The number of sulfonamides is 1. The van der Waals surface area contributed by atoms with Crippen LogP contribution in [0.1, 0.15) is 5.56 Å². The first-order valence-electron chi connectivity index (χ1n) is 6.83. The summed E-state index contributed by atoms with van der Waals surface area (Å²) in [5, 5.41) is 3.25. The maximum absolute atomic E-state index is 12.1. The average molecular weight is 320 g/mol. The molecule has 22 heavy (non-hydrogen) atoms. The van der Waals surface area contributed by atoms with E-state index in [-0.39, 0.29) is 4.90 Å². The highest BCUT2D eigenvalue weighted by Crippen LogP contribution is 2.24. The minimum atomic E-state index is -3.41. The number of rotatable bonds is 6. The van der Waals surface area contributed by atoms with Gasteiger partial charge in [0.2, 0.25) is 10.0 Å². The summed E-state index contributed by atoms with van der Waals surface area (Å²) in [6.45, 7) is 0.511. The smallest absolute Gasteiger partial charge is 0.242 e. The fraction of sp³-hybridized carbons (Fsp3) is 0.250. The normalized spacial score (nSPS) is 11.5. The molecule has 6 heteroatoms. The third-order valence-electron chi connectivity index (χ3n) is 3.27. The molecule has 118 valence electrons. The lowest BCUT2D eigenvalue weighted by Crippen LogP contribution is -2.22. The van der Waals surface area contributed by atoms with Crippen LogP contribution in [0.5, 0.6) is 5.75 Å². The molecule has 0 saturated carbocycles. The SMILES string of the molecule is COc1ccccc1NCc1cccc(S(=O)(=O)N(C)C)c1. The number of anilines is 1. The third-order valence-corrected chi connectivity index (χ3v) is 5.08. The van der Waals surface area contributed by atoms with E-state index in [9.17, 15) is 8.42 Å². The van der Waals surface area contributed by atoms with Crippen molar-refractivity contribution in [2.45, 2.75) is 11.4 Å². The molecule has 0 unspecified atom stereocenters. The van der Waals surface area contributed by atoms with Gasteiger partial charge in [-0.3, -0.25) is 0 Å². The number of para-hydroxylation sites is 2. The zero-order valence-corrected chi connectivity index (χ0v) is 13.7. The van der Waals surface area contributed by atoms with Crippen LogP contribution in [0, 0.1) is 0 Å². The largest absolute Gasteiger partial charge is 0.495 e. The number of benzene rings is 2. The number of hydrogen-bond acceptors (Lipinski definition) is 4. The Morgan fingerprint density at radius 2 is 1.82 bits per heavy atom. The summed E-state index contributed by atoms with van der Waals surface area (Å²) in [5.41, 5.74) is 1.75. The fourth-order valence-electron chi connectivity index (χ4n) is 2.01. The molecule has 0 aliphatic rings. The number of nitrogens with zero attached hydrogens (tertiary/aromatic N) is 1. The van der Waals surface area contributed by atoms with Crippen LogP contribution in [-0.2, 0) is 16.6 Å². The molecule has 2 rings (SSSR count). The number of ether oxygens (including phenoxy) is 1. The van der Waals surface area contributed by atoms with Crippen molar-refractivity contribution in [2.24, 2.45) is 0 Å². The Morgan fingerprint density at radius 1 is 1.09 bits per heavy atom. The van der Waals surface area contributed by atoms with Crippen LogP contribution in [0.25, 0.3) is 0 Å². The van der Waals surface area contributed by atoms with Gasteiger partial charge in [0, 0.05) is 20.6 Å². The second-order valence-electron chi connectivity index (χ2n) is 4.99. The van der Waals surface area contributed by atoms with Crippen molar-refractivity contribution in [3.8, 4) is 5.75 Å². The van der Waals surface area contributed by atoms with Crippen LogP contribution in [-0.4, -0.2) is 33.9 Å². The van der Waals surface area contributed by atoms with Crippen LogP contribution < -0.4 is 10.1 Å². The van der Waals surface area contributed by atoms with Crippen LogP contribution in [0.4, 0.5) is 5.69 Å². The van der Waals surface area contributed by atoms with Gasteiger partial charge in [-0.25, -0.2) is 12.7 Å². The molecule has 1 N–H and O–H groups in total. The van der Waals surface area contributed by atoms with Crippen molar-refractivity contribution in [1.29, 1.82) is 0 Å². The number of methoxy groups -OCH3 is 1. The molecule has 0 aromatic heterocycles. The summed E-state index contributed by atoms with van der Waals surface area (Å²) >= 11 is 0. The van der Waals surface area contributed by atoms with Gasteiger partial charge >= 0.3 is 0 Å². The fourth-order valence-corrected chi connectivity index (χ4v) is 2.99. The van der Waals surface area contributed by atoms with Crippen LogP contribution in [0.3, 0.4) is 0 Å². The molecule has 0 aliphatic carbocycles. The Bertz CT molecular complexity index is 743. The Labute approximate surface area is 131 Å². The molecule has 2 aromatic rings. The van der Waals surface area contributed by atoms with Crippen LogP contribution in [0.2, 0.25) is 0 Å². The second-order valence-corrected chi connectivity index (χ2v) is 7.14. The van der Waals surface area contributed by atoms with Gasteiger partial charge in [0.1, 0.15) is 5.75 Å². The van der Waals surface area contributed by atoms with Gasteiger partial charge in [-0.05, 0) is 29.8 Å². The molecular formula is C16H20N2O3S. The minimum absolute atomic E-state index is 0.289. The summed E-state index contributed by atoms with van der Waals surface area (Å²) in [6.07, 6.45) is 0. The molecule has 0 amide bonds. The van der Waals surface area contributed by atoms with Gasteiger partial charge in [-0.15, -0.1) is 0 Å². The summed E-state index contributed by atoms with van der Waals surface area (Å²) in [5.74, 6) is 0.750. The van der Waals surface area contributed by atoms with Crippen molar-refractivity contribution in [3.05, 3.63) is 54.1 Å². The van der Waals surface area contributed by atoms with E-state index >= 15 is 0 Å². The van der Waals surface area contributed by atoms with Crippen LogP contribution in [0.15, 0.2) is 53.4 Å². The molecule has 2 aromatic carbocycles. The third kappa shape index (κ3) is 3.58. The van der Waals surface area contributed by atoms with Gasteiger partial charge < -0.3 is 10.1 Å². The number of nitrogens with one attached hydrogen (secondary N) is 1. The molecular weight excluding hydrogens is 300 g/mol. The summed E-state index contributed by atoms with van der Waals surface area (Å²) in [4.78, 5) is 0.289. The van der Waals surface area contributed by atoms with Crippen LogP contribution >= 0.6 is 0 Å². The van der Waals surface area contributed by atoms with E-state index in [1.165, 1.54) is 18.4 Å². The molecule has 0 atom stereocenters. The van der Waals surface area contributed by atoms with E-state index in [4.69, 9.17) is 4.74 Å². The van der Waals surface area contributed by atoms with Gasteiger partial charge in [-0.1, -0.05) is 24.3 Å². The standard InChI is InChI=1S/C16H20N2O3S/c1-18(2)22(19,20)14-8-6-7-13(11-14)12-17-15-9-4-5-10-16(15)21-3/h4-11,17H,12H2,1-3H3. The first-order valence-corrected chi connectivity index (χ1v) is 8.27. The van der Waals surface area contributed by atoms with Crippen molar-refractivity contribution >= 4 is 15.7 Å². The quantitative estimate of drug-likeness (QED) is 0.889. The topological polar surface area (TPSA) is 58.6 Å². The van der Waals surface area contributed by atoms with Crippen molar-refractivity contribution in [3.63, 3.8) is 0 Å². The van der Waals surface area contributed by atoms with E-state index in [0.29, 0.717) is 6.54 Å². The predicted octanol–water partition coefficient (Wildman–Crippen LogP) is 2.56. The molecule has 0 spiro atoms. The second kappa shape index (κ2) is 6.81. The summed E-state index contributed by atoms with van der Waals surface area (Å²) in [6, 6.07) is 14.5. The Kier molecular flexibility index (Phi) is 5.05. The highest BCUT2D eigenvalue weighted by Gasteiger charge is 2.17. The molecule has 0 saturated heterocycles. The van der Waals surface area contributed by atoms with Crippen molar-refractivity contribution in [2.75, 3.05) is 26.5 Å². The lowest BCUT2D eigenvalue weighted by Gasteiger charge is -2.14. The highest BCUT2D eigenvalue weighted by atomic mass is 32.2. The number of hydrogen-bond donors (Lipinski definition) is 1. The van der Waals surface area contributed by atoms with Gasteiger partial charge in [0.05, 0.1) is 17.7 Å². The van der Waals surface area contributed by atoms with Crippen molar-refractivity contribution in [1.82, 2.24) is 4.31 Å². The maximum Gasteiger partial charge on any atom is 0.242 e. The van der Waals surface area contributed by atoms with E-state index in [2.05, 4.69) is 5.32 Å². The lowest BCUT2D eigenvalue weighted by atomic mass is 10.2. The maximum atomic E-state index is 12.1. The molecule has 0 bridgehead atoms. The van der Waals surface area contributed by atoms with E-state index in [1.54, 1.807) is 25.3 Å². The summed E-state index contributed by atoms with van der Waals surface area (Å²) in [7, 11) is 1.25. The minimum Gasteiger partial charge on any atom is -0.495 e. The zero-order valence-electron chi connectivity index (χ0n) is 12.9. The zero-order chi connectivity index (χ0) is 16.2. The highest BCUT2D eigenvalue weighted by molar-refractivity contribution is 7.89. The average Bonchev–Trinajstić information content (AvgIpc) is 2.53. The first-order chi connectivity index (χ1) is 10.4. The lowest BCUT2D eigenvalue weighted by molar-refractivity contribution is 0.416. The molecule has 0 heterocycles. The van der Waals surface area contributed by atoms with E-state index in [0.717, 1.165) is 17.0 Å². The Hall–Kier alpha value is -2.05. The molecule has 0 aliphatic heterocycles. The van der Waals surface area contributed by atoms with Gasteiger partial charge in [0.25, 0.3) is 0 Å². The molecule has 0 radical (unpaired) electrons.